The van der Waals surface area contributed by atoms with E-state index in [0.29, 0.717) is 16.0 Å². The van der Waals surface area contributed by atoms with Crippen LogP contribution in [0.25, 0.3) is 21.6 Å². The number of thiophene rings is 1. The van der Waals surface area contributed by atoms with Gasteiger partial charge in [0.25, 0.3) is 0 Å². The molecule has 4 rings (SSSR count). The van der Waals surface area contributed by atoms with Crippen molar-refractivity contribution in [3.8, 4) is 27.6 Å². The van der Waals surface area contributed by atoms with E-state index in [1.165, 1.54) is 23.5 Å². The molecule has 2 aromatic carbocycles. The van der Waals surface area contributed by atoms with Crippen LogP contribution in [0.3, 0.4) is 0 Å². The Hall–Kier alpha value is -3.41. The summed E-state index contributed by atoms with van der Waals surface area (Å²) in [4.78, 5) is 13.6. The minimum Gasteiger partial charge on any atom is -0.462 e. The molecule has 2 N–H and O–H groups in total. The summed E-state index contributed by atoms with van der Waals surface area (Å²) in [5.41, 5.74) is 10.1. The summed E-state index contributed by atoms with van der Waals surface area (Å²) in [5.74, 6) is -1.01. The van der Waals surface area contributed by atoms with Crippen LogP contribution in [0.15, 0.2) is 42.5 Å². The molecule has 0 aliphatic carbocycles. The van der Waals surface area contributed by atoms with E-state index >= 15 is 0 Å². The van der Waals surface area contributed by atoms with Crippen LogP contribution in [0.1, 0.15) is 22.2 Å². The molecule has 6 nitrogen and oxygen atoms in total. The van der Waals surface area contributed by atoms with Crippen molar-refractivity contribution in [1.82, 2.24) is 5.53 Å². The number of halogens is 1. The van der Waals surface area contributed by atoms with Crippen LogP contribution in [0.2, 0.25) is 0 Å². The molecule has 1 aliphatic heterocycles. The molecule has 0 atom stereocenters. The number of carbonyl (C=O) groups is 1. The van der Waals surface area contributed by atoms with Gasteiger partial charge < -0.3 is 10.2 Å². The number of hydrazine groups is 2. The topological polar surface area (TPSA) is 77.4 Å². The van der Waals surface area contributed by atoms with Crippen LogP contribution in [-0.2, 0) is 4.74 Å². The van der Waals surface area contributed by atoms with E-state index in [1.807, 2.05) is 36.3 Å². The molecule has 8 heteroatoms. The second-order valence-electron chi connectivity index (χ2n) is 6.41. The van der Waals surface area contributed by atoms with Gasteiger partial charge in [-0.2, -0.15) is 5.26 Å². The summed E-state index contributed by atoms with van der Waals surface area (Å²) in [6, 6.07) is 13.9. The number of hydrogen-bond donors (Lipinski definition) is 2. The van der Waals surface area contributed by atoms with Crippen LogP contribution >= 0.6 is 11.3 Å². The standard InChI is InChI=1S/C21H17FN4O2S/c1-3-28-21(27)19-10-15(12-4-5-14(11-23)16(22)8-12)20(29-19)13-6-7-18-17(9-13)24-25-26(18)2/h4-10,24-25H,3H2,1-2H3. The summed E-state index contributed by atoms with van der Waals surface area (Å²) in [7, 11) is 1.90. The van der Waals surface area contributed by atoms with Gasteiger partial charge in [0.15, 0.2) is 0 Å². The Kier molecular flexibility index (Phi) is 4.92. The molecular weight excluding hydrogens is 391 g/mol. The van der Waals surface area contributed by atoms with Gasteiger partial charge in [-0.3, -0.25) is 5.01 Å². The fraction of sp³-hybridized carbons (Fsp3) is 0.143. The molecule has 0 radical (unpaired) electrons. The maximum Gasteiger partial charge on any atom is 0.348 e. The number of hydrogen-bond acceptors (Lipinski definition) is 7. The van der Waals surface area contributed by atoms with Crippen LogP contribution in [0.4, 0.5) is 15.8 Å². The summed E-state index contributed by atoms with van der Waals surface area (Å²) >= 11 is 1.29. The highest BCUT2D eigenvalue weighted by Crippen LogP contribution is 2.42. The predicted molar refractivity (Wildman–Crippen MR) is 111 cm³/mol. The minimum atomic E-state index is -0.596. The average Bonchev–Trinajstić information content (AvgIpc) is 3.32. The van der Waals surface area contributed by atoms with Crippen molar-refractivity contribution in [2.75, 3.05) is 24.1 Å². The highest BCUT2D eigenvalue weighted by molar-refractivity contribution is 7.18. The molecule has 0 amide bonds. The quantitative estimate of drug-likeness (QED) is 0.617. The number of esters is 1. The third-order valence-electron chi connectivity index (χ3n) is 4.59. The van der Waals surface area contributed by atoms with Crippen molar-refractivity contribution in [2.24, 2.45) is 0 Å². The molecule has 0 saturated heterocycles. The van der Waals surface area contributed by atoms with Gasteiger partial charge in [-0.15, -0.1) is 16.9 Å². The Balaban J connectivity index is 1.85. The number of rotatable bonds is 4. The largest absolute Gasteiger partial charge is 0.462 e. The zero-order valence-electron chi connectivity index (χ0n) is 15.7. The van der Waals surface area contributed by atoms with Crippen molar-refractivity contribution in [3.63, 3.8) is 0 Å². The fourth-order valence-electron chi connectivity index (χ4n) is 3.17. The van der Waals surface area contributed by atoms with Crippen molar-refractivity contribution in [3.05, 3.63) is 58.7 Å². The first-order valence-corrected chi connectivity index (χ1v) is 9.74. The lowest BCUT2D eigenvalue weighted by molar-refractivity contribution is 0.0532. The van der Waals surface area contributed by atoms with E-state index in [0.717, 1.165) is 21.8 Å². The minimum absolute atomic E-state index is 0.0213. The van der Waals surface area contributed by atoms with Crippen molar-refractivity contribution in [1.29, 1.82) is 5.26 Å². The SMILES string of the molecule is CCOC(=O)c1cc(-c2ccc(C#N)c(F)c2)c(-c2ccc3c(c2)NNN3C)s1. The lowest BCUT2D eigenvalue weighted by Gasteiger charge is -2.10. The second-order valence-corrected chi connectivity index (χ2v) is 7.46. The highest BCUT2D eigenvalue weighted by atomic mass is 32.1. The van der Waals surface area contributed by atoms with Gasteiger partial charge in [0.05, 0.1) is 23.5 Å². The first-order valence-electron chi connectivity index (χ1n) is 8.92. The average molecular weight is 408 g/mol. The Bertz CT molecular complexity index is 1150. The first kappa shape index (κ1) is 18.9. The van der Waals surface area contributed by atoms with Crippen molar-refractivity contribution < 1.29 is 13.9 Å². The Morgan fingerprint density at radius 1 is 1.24 bits per heavy atom. The fourth-order valence-corrected chi connectivity index (χ4v) is 4.24. The van der Waals surface area contributed by atoms with Gasteiger partial charge in [-0.1, -0.05) is 12.1 Å². The smallest absolute Gasteiger partial charge is 0.348 e. The maximum absolute atomic E-state index is 14.2. The molecule has 0 bridgehead atoms. The van der Waals surface area contributed by atoms with E-state index in [-0.39, 0.29) is 12.2 Å². The number of anilines is 2. The molecule has 3 aromatic rings. The monoisotopic (exact) mass is 408 g/mol. The van der Waals surface area contributed by atoms with Gasteiger partial charge in [0.2, 0.25) is 0 Å². The molecule has 0 unspecified atom stereocenters. The van der Waals surface area contributed by atoms with E-state index in [1.54, 1.807) is 19.1 Å². The number of nitrogens with zero attached hydrogens (tertiary/aromatic N) is 2. The van der Waals surface area contributed by atoms with Crippen LogP contribution in [0, 0.1) is 17.1 Å². The third-order valence-corrected chi connectivity index (χ3v) is 5.75. The summed E-state index contributed by atoms with van der Waals surface area (Å²) in [6.45, 7) is 2.02. The van der Waals surface area contributed by atoms with Crippen LogP contribution < -0.4 is 16.0 Å². The Morgan fingerprint density at radius 3 is 2.76 bits per heavy atom. The number of benzene rings is 2. The van der Waals surface area contributed by atoms with Gasteiger partial charge >= 0.3 is 5.97 Å². The number of carbonyl (C=O) groups excluding carboxylic acids is 1. The molecule has 146 valence electrons. The zero-order valence-corrected chi connectivity index (χ0v) is 16.6. The number of nitriles is 1. The molecule has 1 aliphatic rings. The third kappa shape index (κ3) is 3.42. The maximum atomic E-state index is 14.2. The molecule has 29 heavy (non-hydrogen) atoms. The number of ether oxygens (including phenoxy) is 1. The lowest BCUT2D eigenvalue weighted by atomic mass is 10.0. The van der Waals surface area contributed by atoms with Gasteiger partial charge in [-0.05, 0) is 48.4 Å². The molecule has 1 aromatic heterocycles. The summed E-state index contributed by atoms with van der Waals surface area (Å²) in [5, 5.41) is 10.8. The zero-order chi connectivity index (χ0) is 20.5. The van der Waals surface area contributed by atoms with Crippen LogP contribution in [-0.4, -0.2) is 19.6 Å². The van der Waals surface area contributed by atoms with E-state index in [2.05, 4.69) is 11.0 Å². The Morgan fingerprint density at radius 2 is 2.03 bits per heavy atom. The molecule has 0 saturated carbocycles. The van der Waals surface area contributed by atoms with Gasteiger partial charge in [0.1, 0.15) is 16.8 Å². The lowest BCUT2D eigenvalue weighted by Crippen LogP contribution is -2.31. The van der Waals surface area contributed by atoms with Gasteiger partial charge in [-0.25, -0.2) is 9.18 Å². The predicted octanol–water partition coefficient (Wildman–Crippen LogP) is 4.55. The van der Waals surface area contributed by atoms with Crippen molar-refractivity contribution >= 4 is 28.7 Å². The first-order chi connectivity index (χ1) is 14.0. The Labute approximate surface area is 171 Å². The van der Waals surface area contributed by atoms with Crippen molar-refractivity contribution in [2.45, 2.75) is 6.92 Å². The van der Waals surface area contributed by atoms with E-state index < -0.39 is 11.8 Å². The summed E-state index contributed by atoms with van der Waals surface area (Å²) in [6.07, 6.45) is 0. The molecule has 0 spiro atoms. The second kappa shape index (κ2) is 7.54. The van der Waals surface area contributed by atoms with E-state index in [4.69, 9.17) is 10.00 Å². The summed E-state index contributed by atoms with van der Waals surface area (Å²) < 4.78 is 19.4. The molecule has 2 heterocycles. The number of fused-ring (bicyclic) bond motifs is 1. The van der Waals surface area contributed by atoms with Crippen LogP contribution in [0.5, 0.6) is 0 Å². The molecule has 0 fully saturated rings. The number of nitrogens with one attached hydrogen (secondary N) is 2. The molecular formula is C21H17FN4O2S. The van der Waals surface area contributed by atoms with Gasteiger partial charge in [0, 0.05) is 17.5 Å². The highest BCUT2D eigenvalue weighted by Gasteiger charge is 2.21. The normalized spacial score (nSPS) is 12.3. The van der Waals surface area contributed by atoms with E-state index in [9.17, 15) is 9.18 Å².